The molecular weight excluding hydrogens is 244 g/mol. The fraction of sp³-hybridized carbons (Fsp3) is 0.846. The molecule has 2 aliphatic heterocycles. The van der Waals surface area contributed by atoms with Crippen LogP contribution in [0, 0.1) is 12.8 Å². The van der Waals surface area contributed by atoms with Crippen molar-refractivity contribution in [2.75, 3.05) is 38.3 Å². The lowest BCUT2D eigenvalue weighted by molar-refractivity contribution is -0.0179. The van der Waals surface area contributed by atoms with E-state index in [2.05, 4.69) is 26.6 Å². The van der Waals surface area contributed by atoms with Crippen molar-refractivity contribution in [2.24, 2.45) is 5.92 Å². The maximum absolute atomic E-state index is 5.49. The number of nitrogens with zero attached hydrogens (tertiary/aromatic N) is 4. The van der Waals surface area contributed by atoms with Gasteiger partial charge in [-0.05, 0) is 20.3 Å². The van der Waals surface area contributed by atoms with Crippen LogP contribution in [0.2, 0.25) is 0 Å². The van der Waals surface area contributed by atoms with Gasteiger partial charge in [0.25, 0.3) is 0 Å². The molecule has 0 spiro atoms. The Kier molecular flexibility index (Phi) is 3.22. The minimum Gasteiger partial charge on any atom is -0.381 e. The summed E-state index contributed by atoms with van der Waals surface area (Å²) in [6.45, 7) is 8.59. The van der Waals surface area contributed by atoms with Gasteiger partial charge in [-0.3, -0.25) is 4.57 Å². The van der Waals surface area contributed by atoms with Crippen LogP contribution in [0.15, 0.2) is 0 Å². The second-order valence-corrected chi connectivity index (χ2v) is 5.90. The van der Waals surface area contributed by atoms with E-state index in [1.54, 1.807) is 7.11 Å². The number of hydrogen-bond donors (Lipinski definition) is 0. The quantitative estimate of drug-likeness (QED) is 0.808. The summed E-state index contributed by atoms with van der Waals surface area (Å²) in [5.74, 6) is 2.54. The van der Waals surface area contributed by atoms with Crippen LogP contribution in [0.5, 0.6) is 0 Å². The van der Waals surface area contributed by atoms with Gasteiger partial charge in [-0.2, -0.15) is 0 Å². The molecule has 6 nitrogen and oxygen atoms in total. The van der Waals surface area contributed by atoms with Gasteiger partial charge in [-0.1, -0.05) is 0 Å². The number of aryl methyl sites for hydroxylation is 1. The SMILES string of the molecule is COC1(C)CN(c2nnc(C)n2CC2CCOC2)C1. The molecule has 1 unspecified atom stereocenters. The van der Waals surface area contributed by atoms with Crippen LogP contribution in [-0.2, 0) is 16.0 Å². The monoisotopic (exact) mass is 266 g/mol. The van der Waals surface area contributed by atoms with Gasteiger partial charge in [0.2, 0.25) is 5.95 Å². The molecular formula is C13H22N4O2. The molecule has 3 rings (SSSR count). The van der Waals surface area contributed by atoms with Crippen molar-refractivity contribution in [2.45, 2.75) is 32.4 Å². The lowest BCUT2D eigenvalue weighted by Gasteiger charge is -2.47. The van der Waals surface area contributed by atoms with E-state index in [1.807, 2.05) is 6.92 Å². The van der Waals surface area contributed by atoms with Gasteiger partial charge in [0.1, 0.15) is 11.4 Å². The van der Waals surface area contributed by atoms with Crippen molar-refractivity contribution in [1.29, 1.82) is 0 Å². The van der Waals surface area contributed by atoms with E-state index in [4.69, 9.17) is 9.47 Å². The number of anilines is 1. The van der Waals surface area contributed by atoms with Gasteiger partial charge < -0.3 is 14.4 Å². The number of hydrogen-bond acceptors (Lipinski definition) is 5. The molecule has 106 valence electrons. The van der Waals surface area contributed by atoms with Crippen molar-refractivity contribution in [3.05, 3.63) is 5.82 Å². The van der Waals surface area contributed by atoms with Crippen LogP contribution < -0.4 is 4.90 Å². The van der Waals surface area contributed by atoms with E-state index in [-0.39, 0.29) is 5.60 Å². The topological polar surface area (TPSA) is 52.4 Å². The largest absolute Gasteiger partial charge is 0.381 e. The van der Waals surface area contributed by atoms with E-state index in [9.17, 15) is 0 Å². The molecule has 3 heterocycles. The first-order valence-electron chi connectivity index (χ1n) is 6.89. The predicted molar refractivity (Wildman–Crippen MR) is 71.3 cm³/mol. The zero-order valence-electron chi connectivity index (χ0n) is 11.9. The summed E-state index contributed by atoms with van der Waals surface area (Å²) in [5.41, 5.74) is -0.0405. The average molecular weight is 266 g/mol. The molecule has 0 aliphatic carbocycles. The van der Waals surface area contributed by atoms with Crippen LogP contribution in [0.3, 0.4) is 0 Å². The number of rotatable bonds is 4. The zero-order valence-corrected chi connectivity index (χ0v) is 11.9. The fourth-order valence-corrected chi connectivity index (χ4v) is 2.83. The van der Waals surface area contributed by atoms with Gasteiger partial charge in [0.15, 0.2) is 0 Å². The molecule has 0 bridgehead atoms. The molecule has 1 atom stereocenters. The molecule has 1 aromatic heterocycles. The maximum atomic E-state index is 5.49. The molecule has 0 N–H and O–H groups in total. The lowest BCUT2D eigenvalue weighted by Crippen LogP contribution is -2.62. The van der Waals surface area contributed by atoms with Crippen molar-refractivity contribution >= 4 is 5.95 Å². The van der Waals surface area contributed by atoms with Crippen molar-refractivity contribution in [3.8, 4) is 0 Å². The summed E-state index contributed by atoms with van der Waals surface area (Å²) in [4.78, 5) is 2.24. The normalized spacial score (nSPS) is 25.6. The van der Waals surface area contributed by atoms with Crippen molar-refractivity contribution in [3.63, 3.8) is 0 Å². The Balaban J connectivity index is 1.72. The molecule has 0 saturated carbocycles. The number of aromatic nitrogens is 3. The Morgan fingerprint density at radius 3 is 2.84 bits per heavy atom. The predicted octanol–water partition coefficient (Wildman–Crippen LogP) is 0.848. The average Bonchev–Trinajstić information content (AvgIpc) is 2.98. The maximum Gasteiger partial charge on any atom is 0.227 e. The summed E-state index contributed by atoms with van der Waals surface area (Å²) in [7, 11) is 1.77. The van der Waals surface area contributed by atoms with Crippen molar-refractivity contribution in [1.82, 2.24) is 14.8 Å². The second kappa shape index (κ2) is 4.76. The van der Waals surface area contributed by atoms with Crippen LogP contribution >= 0.6 is 0 Å². The summed E-state index contributed by atoms with van der Waals surface area (Å²) < 4.78 is 13.2. The van der Waals surface area contributed by atoms with E-state index >= 15 is 0 Å². The fourth-order valence-electron chi connectivity index (χ4n) is 2.83. The van der Waals surface area contributed by atoms with Gasteiger partial charge >= 0.3 is 0 Å². The molecule has 19 heavy (non-hydrogen) atoms. The highest BCUT2D eigenvalue weighted by Gasteiger charge is 2.41. The summed E-state index contributed by atoms with van der Waals surface area (Å²) in [5, 5.41) is 8.55. The molecule has 2 saturated heterocycles. The molecule has 1 aromatic rings. The molecule has 2 fully saturated rings. The highest BCUT2D eigenvalue weighted by atomic mass is 16.5. The smallest absolute Gasteiger partial charge is 0.227 e. The van der Waals surface area contributed by atoms with Crippen LogP contribution in [0.25, 0.3) is 0 Å². The molecule has 2 aliphatic rings. The Bertz CT molecular complexity index is 447. The number of ether oxygens (including phenoxy) is 2. The zero-order chi connectivity index (χ0) is 13.5. The Morgan fingerprint density at radius 2 is 2.21 bits per heavy atom. The van der Waals surface area contributed by atoms with E-state index in [0.717, 1.165) is 51.0 Å². The van der Waals surface area contributed by atoms with Crippen LogP contribution in [-0.4, -0.2) is 53.8 Å². The number of methoxy groups -OCH3 is 1. The lowest BCUT2D eigenvalue weighted by atomic mass is 9.97. The van der Waals surface area contributed by atoms with Gasteiger partial charge in [-0.15, -0.1) is 10.2 Å². The third kappa shape index (κ3) is 2.34. The minimum atomic E-state index is -0.0405. The van der Waals surface area contributed by atoms with E-state index in [0.29, 0.717) is 5.92 Å². The summed E-state index contributed by atoms with van der Waals surface area (Å²) in [6.07, 6.45) is 1.13. The molecule has 0 radical (unpaired) electrons. The van der Waals surface area contributed by atoms with E-state index < -0.39 is 0 Å². The highest BCUT2D eigenvalue weighted by molar-refractivity contribution is 5.38. The second-order valence-electron chi connectivity index (χ2n) is 5.90. The Morgan fingerprint density at radius 1 is 1.42 bits per heavy atom. The summed E-state index contributed by atoms with van der Waals surface area (Å²) >= 11 is 0. The third-order valence-electron chi connectivity index (χ3n) is 4.21. The van der Waals surface area contributed by atoms with Crippen LogP contribution in [0.1, 0.15) is 19.2 Å². The first-order chi connectivity index (χ1) is 9.11. The van der Waals surface area contributed by atoms with Crippen LogP contribution in [0.4, 0.5) is 5.95 Å². The Labute approximate surface area is 113 Å². The Hall–Kier alpha value is -1.14. The molecule has 0 amide bonds. The van der Waals surface area contributed by atoms with Gasteiger partial charge in [0, 0.05) is 26.2 Å². The first-order valence-corrected chi connectivity index (χ1v) is 6.89. The minimum absolute atomic E-state index is 0.0405. The first kappa shape index (κ1) is 12.9. The molecule has 6 heteroatoms. The van der Waals surface area contributed by atoms with E-state index in [1.165, 1.54) is 0 Å². The standard InChI is InChI=1S/C13H22N4O2/c1-10-14-15-12(16-8-13(2,9-16)18-3)17(10)6-11-4-5-19-7-11/h11H,4-9H2,1-3H3. The van der Waals surface area contributed by atoms with Gasteiger partial charge in [0.05, 0.1) is 19.7 Å². The third-order valence-corrected chi connectivity index (χ3v) is 4.21. The summed E-state index contributed by atoms with van der Waals surface area (Å²) in [6, 6.07) is 0. The molecule has 0 aromatic carbocycles. The van der Waals surface area contributed by atoms with Gasteiger partial charge in [-0.25, -0.2) is 0 Å². The highest BCUT2D eigenvalue weighted by Crippen LogP contribution is 2.29. The van der Waals surface area contributed by atoms with Crippen molar-refractivity contribution < 1.29 is 9.47 Å².